The van der Waals surface area contributed by atoms with E-state index in [-0.39, 0.29) is 11.7 Å². The zero-order valence-corrected chi connectivity index (χ0v) is 12.4. The molecule has 0 aromatic carbocycles. The number of nitrogens with one attached hydrogen (secondary N) is 2. The lowest BCUT2D eigenvalue weighted by molar-refractivity contribution is 0.101. The Kier molecular flexibility index (Phi) is 4.29. The predicted molar refractivity (Wildman–Crippen MR) is 77.2 cm³/mol. The molecule has 0 atom stereocenters. The van der Waals surface area contributed by atoms with Crippen LogP contribution >= 0.6 is 11.3 Å². The number of ketones is 1. The summed E-state index contributed by atoms with van der Waals surface area (Å²) >= 11 is 1.36. The van der Waals surface area contributed by atoms with Gasteiger partial charge in [-0.1, -0.05) is 25.2 Å². The lowest BCUT2D eigenvalue weighted by Crippen LogP contribution is -2.12. The van der Waals surface area contributed by atoms with Crippen molar-refractivity contribution in [2.24, 2.45) is 5.92 Å². The molecule has 0 spiro atoms. The van der Waals surface area contributed by atoms with E-state index < -0.39 is 0 Å². The SMILES string of the molecule is CC(=O)c1c[nH]c(C(=O)Nc2nnc(CC(C)C)s2)c1. The van der Waals surface area contributed by atoms with Crippen molar-refractivity contribution < 1.29 is 9.59 Å². The average Bonchev–Trinajstić information content (AvgIpc) is 2.97. The first-order chi connectivity index (χ1) is 9.45. The molecule has 0 aliphatic carbocycles. The van der Waals surface area contributed by atoms with Crippen LogP contribution in [0.4, 0.5) is 5.13 Å². The molecule has 106 valence electrons. The zero-order chi connectivity index (χ0) is 14.7. The Labute approximate surface area is 120 Å². The molecule has 0 unspecified atom stereocenters. The highest BCUT2D eigenvalue weighted by Crippen LogP contribution is 2.19. The van der Waals surface area contributed by atoms with Gasteiger partial charge < -0.3 is 4.98 Å². The molecule has 0 aliphatic heterocycles. The van der Waals surface area contributed by atoms with E-state index in [1.165, 1.54) is 30.5 Å². The molecule has 0 radical (unpaired) electrons. The molecule has 6 nitrogen and oxygen atoms in total. The van der Waals surface area contributed by atoms with E-state index in [1.54, 1.807) is 0 Å². The van der Waals surface area contributed by atoms with Gasteiger partial charge >= 0.3 is 0 Å². The van der Waals surface area contributed by atoms with Gasteiger partial charge in [0.15, 0.2) is 5.78 Å². The second-order valence-corrected chi connectivity index (χ2v) is 5.97. The van der Waals surface area contributed by atoms with E-state index in [9.17, 15) is 9.59 Å². The summed E-state index contributed by atoms with van der Waals surface area (Å²) in [7, 11) is 0. The maximum atomic E-state index is 12.0. The van der Waals surface area contributed by atoms with Gasteiger partial charge in [-0.3, -0.25) is 14.9 Å². The number of carbonyl (C=O) groups excluding carboxylic acids is 2. The first-order valence-corrected chi connectivity index (χ1v) is 7.10. The minimum absolute atomic E-state index is 0.0876. The maximum Gasteiger partial charge on any atom is 0.273 e. The lowest BCUT2D eigenvalue weighted by atomic mass is 10.1. The number of amides is 1. The monoisotopic (exact) mass is 292 g/mol. The van der Waals surface area contributed by atoms with Gasteiger partial charge in [-0.05, 0) is 18.9 Å². The molecule has 0 saturated carbocycles. The number of anilines is 1. The van der Waals surface area contributed by atoms with Crippen LogP contribution in [0, 0.1) is 5.92 Å². The van der Waals surface area contributed by atoms with Crippen molar-refractivity contribution in [3.63, 3.8) is 0 Å². The van der Waals surface area contributed by atoms with Gasteiger partial charge in [-0.15, -0.1) is 10.2 Å². The number of carbonyl (C=O) groups is 2. The van der Waals surface area contributed by atoms with E-state index in [0.717, 1.165) is 11.4 Å². The van der Waals surface area contributed by atoms with Crippen LogP contribution in [-0.4, -0.2) is 26.9 Å². The van der Waals surface area contributed by atoms with Crippen molar-refractivity contribution in [1.82, 2.24) is 15.2 Å². The molecular weight excluding hydrogens is 276 g/mol. The van der Waals surface area contributed by atoms with E-state index in [1.807, 2.05) is 0 Å². The summed E-state index contributed by atoms with van der Waals surface area (Å²) in [6, 6.07) is 1.52. The fourth-order valence-corrected chi connectivity index (χ4v) is 2.58. The highest BCUT2D eigenvalue weighted by Gasteiger charge is 2.13. The van der Waals surface area contributed by atoms with Crippen LogP contribution < -0.4 is 5.32 Å². The largest absolute Gasteiger partial charge is 0.356 e. The maximum absolute atomic E-state index is 12.0. The number of nitrogens with zero attached hydrogens (tertiary/aromatic N) is 2. The van der Waals surface area contributed by atoms with Crippen molar-refractivity contribution in [1.29, 1.82) is 0 Å². The molecule has 2 aromatic heterocycles. The van der Waals surface area contributed by atoms with E-state index >= 15 is 0 Å². The summed E-state index contributed by atoms with van der Waals surface area (Å²) in [4.78, 5) is 25.9. The van der Waals surface area contributed by atoms with Crippen molar-refractivity contribution >= 4 is 28.2 Å². The average molecular weight is 292 g/mol. The Morgan fingerprint density at radius 3 is 2.75 bits per heavy atom. The number of rotatable bonds is 5. The highest BCUT2D eigenvalue weighted by molar-refractivity contribution is 7.15. The first kappa shape index (κ1) is 14.4. The summed E-state index contributed by atoms with van der Waals surface area (Å²) in [5.74, 6) is 0.0771. The minimum Gasteiger partial charge on any atom is -0.356 e. The predicted octanol–water partition coefficient (Wildman–Crippen LogP) is 2.52. The molecule has 1 amide bonds. The van der Waals surface area contributed by atoms with Crippen molar-refractivity contribution in [3.8, 4) is 0 Å². The molecular formula is C13H16N4O2S. The van der Waals surface area contributed by atoms with Gasteiger partial charge in [0.1, 0.15) is 10.7 Å². The van der Waals surface area contributed by atoms with Gasteiger partial charge in [0.2, 0.25) is 5.13 Å². The highest BCUT2D eigenvalue weighted by atomic mass is 32.1. The lowest BCUT2D eigenvalue weighted by Gasteiger charge is -1.98. The van der Waals surface area contributed by atoms with Crippen LogP contribution in [-0.2, 0) is 6.42 Å². The molecule has 7 heteroatoms. The Balaban J connectivity index is 2.03. The number of hydrogen-bond acceptors (Lipinski definition) is 5. The quantitative estimate of drug-likeness (QED) is 0.829. The smallest absolute Gasteiger partial charge is 0.273 e. The van der Waals surface area contributed by atoms with Crippen molar-refractivity contribution in [3.05, 3.63) is 28.5 Å². The van der Waals surface area contributed by atoms with E-state index in [2.05, 4.69) is 34.3 Å². The van der Waals surface area contributed by atoms with E-state index in [0.29, 0.717) is 22.3 Å². The number of Topliss-reactive ketones (excluding diaryl/α,β-unsaturated/α-hetero) is 1. The Hall–Kier alpha value is -2.02. The molecule has 2 aromatic rings. The van der Waals surface area contributed by atoms with Crippen LogP contribution in [0.15, 0.2) is 12.3 Å². The standard InChI is InChI=1S/C13H16N4O2S/c1-7(2)4-11-16-17-13(20-11)15-12(19)10-5-9(6-14-10)8(3)18/h5-7,14H,4H2,1-3H3,(H,15,17,19). The summed E-state index contributed by atoms with van der Waals surface area (Å²) in [6.07, 6.45) is 2.35. The third-order valence-electron chi connectivity index (χ3n) is 2.60. The summed E-state index contributed by atoms with van der Waals surface area (Å²) < 4.78 is 0. The topological polar surface area (TPSA) is 87.7 Å². The fraction of sp³-hybridized carbons (Fsp3) is 0.385. The van der Waals surface area contributed by atoms with Crippen LogP contribution in [0.25, 0.3) is 0 Å². The van der Waals surface area contributed by atoms with Gasteiger partial charge in [0, 0.05) is 18.2 Å². The van der Waals surface area contributed by atoms with Crippen LogP contribution in [0.3, 0.4) is 0 Å². The Morgan fingerprint density at radius 1 is 1.40 bits per heavy atom. The first-order valence-electron chi connectivity index (χ1n) is 6.28. The van der Waals surface area contributed by atoms with Gasteiger partial charge in [0.05, 0.1) is 0 Å². The van der Waals surface area contributed by atoms with Crippen LogP contribution in [0.5, 0.6) is 0 Å². The van der Waals surface area contributed by atoms with E-state index in [4.69, 9.17) is 0 Å². The Morgan fingerprint density at radius 2 is 2.15 bits per heavy atom. The number of hydrogen-bond donors (Lipinski definition) is 2. The molecule has 20 heavy (non-hydrogen) atoms. The summed E-state index contributed by atoms with van der Waals surface area (Å²) in [5.41, 5.74) is 0.809. The molecule has 0 aliphatic rings. The number of aromatic nitrogens is 3. The summed E-state index contributed by atoms with van der Waals surface area (Å²) in [6.45, 7) is 5.65. The third kappa shape index (κ3) is 3.51. The molecule has 2 N–H and O–H groups in total. The molecule has 0 fully saturated rings. The molecule has 2 rings (SSSR count). The molecule has 2 heterocycles. The Bertz CT molecular complexity index is 630. The second kappa shape index (κ2) is 5.96. The third-order valence-corrected chi connectivity index (χ3v) is 3.47. The van der Waals surface area contributed by atoms with Crippen LogP contribution in [0.2, 0.25) is 0 Å². The zero-order valence-electron chi connectivity index (χ0n) is 11.6. The molecule has 0 saturated heterocycles. The number of aromatic amines is 1. The minimum atomic E-state index is -0.329. The summed E-state index contributed by atoms with van der Waals surface area (Å²) in [5, 5.41) is 12.0. The van der Waals surface area contributed by atoms with Crippen molar-refractivity contribution in [2.45, 2.75) is 27.2 Å². The van der Waals surface area contributed by atoms with Gasteiger partial charge in [-0.25, -0.2) is 0 Å². The fourth-order valence-electron chi connectivity index (χ4n) is 1.63. The van der Waals surface area contributed by atoms with Gasteiger partial charge in [0.25, 0.3) is 5.91 Å². The molecule has 0 bridgehead atoms. The second-order valence-electron chi connectivity index (χ2n) is 4.91. The van der Waals surface area contributed by atoms with Crippen LogP contribution in [0.1, 0.15) is 46.6 Å². The number of H-pyrrole nitrogens is 1. The normalized spacial score (nSPS) is 10.8. The van der Waals surface area contributed by atoms with Crippen molar-refractivity contribution in [2.75, 3.05) is 5.32 Å². The van der Waals surface area contributed by atoms with Gasteiger partial charge in [-0.2, -0.15) is 0 Å².